The van der Waals surface area contributed by atoms with Crippen LogP contribution in [-0.4, -0.2) is 41.0 Å². The number of nitrogens with zero attached hydrogens (tertiary/aromatic N) is 4. The molecule has 1 aliphatic heterocycles. The van der Waals surface area contributed by atoms with Gasteiger partial charge in [0.25, 0.3) is 6.43 Å². The fraction of sp³-hybridized carbons (Fsp3) is 0.409. The number of nitriles is 1. The van der Waals surface area contributed by atoms with Crippen molar-refractivity contribution in [3.05, 3.63) is 45.2 Å². The first-order valence-corrected chi connectivity index (χ1v) is 10.2. The smallest absolute Gasteiger partial charge is 0.272 e. The molecule has 2 aromatic heterocycles. The van der Waals surface area contributed by atoms with Crippen LogP contribution in [0.4, 0.5) is 14.6 Å². The molecule has 0 amide bonds. The van der Waals surface area contributed by atoms with Gasteiger partial charge in [-0.1, -0.05) is 23.6 Å². The van der Waals surface area contributed by atoms with E-state index in [-0.39, 0.29) is 11.0 Å². The Bertz CT molecular complexity index is 1030. The summed E-state index contributed by atoms with van der Waals surface area (Å²) in [6.07, 6.45) is 4.25. The van der Waals surface area contributed by atoms with Crippen molar-refractivity contribution < 1.29 is 13.5 Å². The average Bonchev–Trinajstić information content (AvgIpc) is 2.74. The lowest BCUT2D eigenvalue weighted by molar-refractivity contribution is 0.0795. The molecule has 0 radical (unpaired) electrons. The Morgan fingerprint density at radius 2 is 2.16 bits per heavy atom. The molecule has 162 valence electrons. The van der Waals surface area contributed by atoms with E-state index < -0.39 is 13.0 Å². The van der Waals surface area contributed by atoms with Gasteiger partial charge in [0, 0.05) is 43.5 Å². The van der Waals surface area contributed by atoms with E-state index in [0.717, 1.165) is 35.3 Å². The van der Waals surface area contributed by atoms with E-state index >= 15 is 0 Å². The molecule has 6 nitrogen and oxygen atoms in total. The second kappa shape index (κ2) is 10.4. The van der Waals surface area contributed by atoms with Crippen LogP contribution in [0.5, 0.6) is 5.88 Å². The maximum atomic E-state index is 12.3. The third-order valence-electron chi connectivity index (χ3n) is 5.02. The summed E-state index contributed by atoms with van der Waals surface area (Å²) in [4.78, 5) is 10.9. The largest absolute Gasteiger partial charge is 0.472 e. The Hall–Kier alpha value is -2.94. The average molecular weight is 446 g/mol. The number of hydrogen-bond donors (Lipinski definition) is 1. The number of nitrogens with one attached hydrogen (secondary N) is 1. The van der Waals surface area contributed by atoms with E-state index in [9.17, 15) is 8.78 Å². The molecular weight excluding hydrogens is 424 g/mol. The van der Waals surface area contributed by atoms with Gasteiger partial charge in [-0.3, -0.25) is 4.90 Å². The van der Waals surface area contributed by atoms with Gasteiger partial charge in [0.15, 0.2) is 6.61 Å². The minimum Gasteiger partial charge on any atom is -0.472 e. The summed E-state index contributed by atoms with van der Waals surface area (Å²) in [5, 5.41) is 12.2. The van der Waals surface area contributed by atoms with Crippen LogP contribution >= 0.6 is 11.6 Å². The van der Waals surface area contributed by atoms with Crippen LogP contribution in [0.2, 0.25) is 5.15 Å². The quantitative estimate of drug-likeness (QED) is 0.377. The van der Waals surface area contributed by atoms with Gasteiger partial charge < -0.3 is 10.1 Å². The first kappa shape index (κ1) is 22.7. The highest BCUT2D eigenvalue weighted by Crippen LogP contribution is 2.32. The van der Waals surface area contributed by atoms with Crippen LogP contribution in [0.3, 0.4) is 0 Å². The third-order valence-corrected chi connectivity index (χ3v) is 5.30. The Balaban J connectivity index is 1.77. The van der Waals surface area contributed by atoms with Crippen molar-refractivity contribution in [2.24, 2.45) is 0 Å². The zero-order valence-corrected chi connectivity index (χ0v) is 17.8. The van der Waals surface area contributed by atoms with Crippen LogP contribution in [0.15, 0.2) is 12.1 Å². The molecule has 31 heavy (non-hydrogen) atoms. The molecule has 1 aliphatic rings. The number of rotatable bonds is 8. The fourth-order valence-corrected chi connectivity index (χ4v) is 3.78. The van der Waals surface area contributed by atoms with Crippen LogP contribution in [0, 0.1) is 30.6 Å². The number of ether oxygens (including phenoxy) is 1. The molecule has 9 heteroatoms. The lowest BCUT2D eigenvalue weighted by atomic mass is 9.96. The second-order valence-corrected chi connectivity index (χ2v) is 7.48. The maximum Gasteiger partial charge on any atom is 0.272 e. The van der Waals surface area contributed by atoms with Gasteiger partial charge in [-0.05, 0) is 24.5 Å². The highest BCUT2D eigenvalue weighted by molar-refractivity contribution is 6.30. The second-order valence-electron chi connectivity index (χ2n) is 7.12. The topological polar surface area (TPSA) is 74.1 Å². The Morgan fingerprint density at radius 3 is 2.84 bits per heavy atom. The van der Waals surface area contributed by atoms with Crippen molar-refractivity contribution in [1.29, 1.82) is 5.26 Å². The molecule has 0 spiro atoms. The van der Waals surface area contributed by atoms with Crippen molar-refractivity contribution in [1.82, 2.24) is 14.9 Å². The highest BCUT2D eigenvalue weighted by Gasteiger charge is 2.25. The van der Waals surface area contributed by atoms with E-state index in [0.29, 0.717) is 37.4 Å². The predicted molar refractivity (Wildman–Crippen MR) is 114 cm³/mol. The summed E-state index contributed by atoms with van der Waals surface area (Å²) < 4.78 is 29.7. The molecule has 0 fully saturated rings. The number of pyridine rings is 2. The number of halogens is 3. The molecule has 3 rings (SSSR count). The summed E-state index contributed by atoms with van der Waals surface area (Å²) in [5.74, 6) is 3.51. The third kappa shape index (κ3) is 5.61. The number of alkyl halides is 2. The van der Waals surface area contributed by atoms with Gasteiger partial charge in [-0.2, -0.15) is 5.26 Å². The maximum absolute atomic E-state index is 12.3. The van der Waals surface area contributed by atoms with Gasteiger partial charge in [0.05, 0.1) is 18.1 Å². The molecule has 0 atom stereocenters. The molecule has 1 N–H and O–H groups in total. The monoisotopic (exact) mass is 445 g/mol. The van der Waals surface area contributed by atoms with Gasteiger partial charge >= 0.3 is 0 Å². The highest BCUT2D eigenvalue weighted by atomic mass is 35.5. The molecule has 0 bridgehead atoms. The first-order valence-electron chi connectivity index (χ1n) is 9.81. The summed E-state index contributed by atoms with van der Waals surface area (Å²) in [5.41, 5.74) is 4.26. The van der Waals surface area contributed by atoms with Crippen molar-refractivity contribution in [3.63, 3.8) is 0 Å². The standard InChI is InChI=1S/C22H22ClF2N5O/c1-3-16-18-12-30(10-7-17(18)22(29-21(16)23)27-9-4-8-26)11-15-5-6-20(28-14(15)2)31-13-19(24)25/h1,5-6,19H,4,7,9-13H2,2H3,(H,27,29). The van der Waals surface area contributed by atoms with Crippen LogP contribution in [-0.2, 0) is 19.5 Å². The van der Waals surface area contributed by atoms with Gasteiger partial charge in [-0.15, -0.1) is 6.42 Å². The van der Waals surface area contributed by atoms with Crippen molar-refractivity contribution in [2.45, 2.75) is 39.3 Å². The minimum atomic E-state index is -2.54. The fourth-order valence-electron chi connectivity index (χ4n) is 3.52. The van der Waals surface area contributed by atoms with E-state index in [1.165, 1.54) is 0 Å². The van der Waals surface area contributed by atoms with Gasteiger partial charge in [0.1, 0.15) is 11.0 Å². The SMILES string of the molecule is C#Cc1c(Cl)nc(NCCC#N)c2c1CN(Cc1ccc(OCC(F)F)nc1C)CC2. The lowest BCUT2D eigenvalue weighted by Gasteiger charge is -2.31. The molecule has 0 aliphatic carbocycles. The number of terminal acetylenes is 1. The molecule has 3 heterocycles. The summed E-state index contributed by atoms with van der Waals surface area (Å²) in [6.45, 7) is 3.62. The summed E-state index contributed by atoms with van der Waals surface area (Å²) in [7, 11) is 0. The molecule has 0 unspecified atom stereocenters. The zero-order chi connectivity index (χ0) is 22.4. The van der Waals surface area contributed by atoms with E-state index in [1.807, 2.05) is 13.0 Å². The molecule has 2 aromatic rings. The van der Waals surface area contributed by atoms with E-state index in [2.05, 4.69) is 32.2 Å². The van der Waals surface area contributed by atoms with Crippen molar-refractivity contribution >= 4 is 17.4 Å². The Kier molecular flexibility index (Phi) is 7.62. The Labute approximate surface area is 185 Å². The molecule has 0 saturated heterocycles. The van der Waals surface area contributed by atoms with Crippen molar-refractivity contribution in [3.8, 4) is 24.3 Å². The molecule has 0 aromatic carbocycles. The number of aryl methyl sites for hydroxylation is 1. The first-order chi connectivity index (χ1) is 14.9. The minimum absolute atomic E-state index is 0.186. The summed E-state index contributed by atoms with van der Waals surface area (Å²) >= 11 is 6.33. The normalized spacial score (nSPS) is 13.4. The zero-order valence-electron chi connectivity index (χ0n) is 17.1. The number of hydrogen-bond acceptors (Lipinski definition) is 6. The number of aromatic nitrogens is 2. The van der Waals surface area contributed by atoms with Crippen LogP contribution < -0.4 is 10.1 Å². The number of fused-ring (bicyclic) bond motifs is 1. The summed E-state index contributed by atoms with van der Waals surface area (Å²) in [6, 6.07) is 5.54. The van der Waals surface area contributed by atoms with Crippen LogP contribution in [0.25, 0.3) is 0 Å². The van der Waals surface area contributed by atoms with E-state index in [4.69, 9.17) is 28.0 Å². The molecular formula is C22H22ClF2N5O. The van der Waals surface area contributed by atoms with Gasteiger partial charge in [0.2, 0.25) is 5.88 Å². The Morgan fingerprint density at radius 1 is 1.35 bits per heavy atom. The van der Waals surface area contributed by atoms with Crippen LogP contribution in [0.1, 0.15) is 34.4 Å². The lowest BCUT2D eigenvalue weighted by Crippen LogP contribution is -2.32. The predicted octanol–water partition coefficient (Wildman–Crippen LogP) is 3.95. The van der Waals surface area contributed by atoms with E-state index in [1.54, 1.807) is 6.07 Å². The number of anilines is 1. The molecule has 0 saturated carbocycles. The van der Waals surface area contributed by atoms with Gasteiger partial charge in [-0.25, -0.2) is 18.7 Å². The van der Waals surface area contributed by atoms with Crippen molar-refractivity contribution in [2.75, 3.05) is 25.0 Å².